The zero-order chi connectivity index (χ0) is 13.7. The molecule has 0 aliphatic carbocycles. The molecular formula is C12H16Cl2N2O2. The third kappa shape index (κ3) is 5.21. The van der Waals surface area contributed by atoms with Gasteiger partial charge in [-0.05, 0) is 31.4 Å². The number of aliphatic hydroxyl groups excluding tert-OH is 1. The maximum absolute atomic E-state index is 11.8. The first-order chi connectivity index (χ1) is 8.38. The topological polar surface area (TPSA) is 62.2 Å². The van der Waals surface area contributed by atoms with Crippen LogP contribution < -0.4 is 5.32 Å². The highest BCUT2D eigenvalue weighted by atomic mass is 35.5. The number of aromatic nitrogens is 1. The molecule has 2 N–H and O–H groups in total. The number of nitrogens with zero attached hydrogens (tertiary/aromatic N) is 1. The summed E-state index contributed by atoms with van der Waals surface area (Å²) in [6, 6.07) is 2.92. The molecule has 0 radical (unpaired) electrons. The number of halogens is 2. The lowest BCUT2D eigenvalue weighted by atomic mass is 10.0. The molecule has 0 saturated carbocycles. The fraction of sp³-hybridized carbons (Fsp3) is 0.500. The maximum atomic E-state index is 11.8. The highest BCUT2D eigenvalue weighted by Gasteiger charge is 2.11. The zero-order valence-corrected chi connectivity index (χ0v) is 11.8. The van der Waals surface area contributed by atoms with Gasteiger partial charge in [0.2, 0.25) is 0 Å². The molecule has 6 heteroatoms. The molecule has 0 fully saturated rings. The number of carbonyl (C=O) groups is 1. The van der Waals surface area contributed by atoms with E-state index >= 15 is 0 Å². The summed E-state index contributed by atoms with van der Waals surface area (Å²) in [5, 5.41) is 12.4. The Kier molecular flexibility index (Phi) is 5.85. The number of hydrogen-bond donors (Lipinski definition) is 2. The number of aliphatic hydroxyl groups is 1. The summed E-state index contributed by atoms with van der Waals surface area (Å²) in [4.78, 5) is 15.6. The molecule has 0 aliphatic heterocycles. The van der Waals surface area contributed by atoms with Crippen LogP contribution in [0, 0.1) is 5.92 Å². The molecule has 1 aromatic rings. The number of pyridine rings is 1. The second-order valence-electron chi connectivity index (χ2n) is 4.40. The summed E-state index contributed by atoms with van der Waals surface area (Å²) in [6.45, 7) is 4.17. The van der Waals surface area contributed by atoms with Crippen molar-refractivity contribution < 1.29 is 9.90 Å². The summed E-state index contributed by atoms with van der Waals surface area (Å²) in [7, 11) is 0. The van der Waals surface area contributed by atoms with Gasteiger partial charge < -0.3 is 10.4 Å². The van der Waals surface area contributed by atoms with E-state index < -0.39 is 0 Å². The van der Waals surface area contributed by atoms with Crippen LogP contribution in [0.2, 0.25) is 10.3 Å². The number of carbonyl (C=O) groups excluding carboxylic acids is 1. The lowest BCUT2D eigenvalue weighted by molar-refractivity contribution is 0.0939. The van der Waals surface area contributed by atoms with Crippen molar-refractivity contribution in [1.82, 2.24) is 10.3 Å². The van der Waals surface area contributed by atoms with Crippen molar-refractivity contribution in [2.24, 2.45) is 5.92 Å². The highest BCUT2D eigenvalue weighted by Crippen LogP contribution is 2.14. The Hall–Kier alpha value is -0.840. The van der Waals surface area contributed by atoms with Crippen LogP contribution in [0.15, 0.2) is 12.1 Å². The standard InChI is InChI=1S/C12H16Cl2N2O2/c1-7(3-8(2)17)6-15-12(18)9-4-10(13)16-11(14)5-9/h4-5,7-8,17H,3,6H2,1-2H3,(H,15,18). The van der Waals surface area contributed by atoms with Crippen LogP contribution in [0.5, 0.6) is 0 Å². The largest absolute Gasteiger partial charge is 0.393 e. The van der Waals surface area contributed by atoms with Crippen molar-refractivity contribution in [2.45, 2.75) is 26.4 Å². The number of hydrogen-bond acceptors (Lipinski definition) is 3. The Labute approximate surface area is 116 Å². The van der Waals surface area contributed by atoms with Gasteiger partial charge in [-0.25, -0.2) is 4.98 Å². The van der Waals surface area contributed by atoms with Gasteiger partial charge in [0.1, 0.15) is 10.3 Å². The molecule has 2 unspecified atom stereocenters. The Morgan fingerprint density at radius 1 is 1.39 bits per heavy atom. The van der Waals surface area contributed by atoms with Gasteiger partial charge in [-0.15, -0.1) is 0 Å². The van der Waals surface area contributed by atoms with Crippen molar-refractivity contribution in [3.05, 3.63) is 28.0 Å². The van der Waals surface area contributed by atoms with Crippen molar-refractivity contribution in [3.63, 3.8) is 0 Å². The number of nitrogens with one attached hydrogen (secondary N) is 1. The van der Waals surface area contributed by atoms with Gasteiger partial charge in [-0.2, -0.15) is 0 Å². The molecule has 1 rings (SSSR count). The SMILES string of the molecule is CC(O)CC(C)CNC(=O)c1cc(Cl)nc(Cl)c1. The lowest BCUT2D eigenvalue weighted by Crippen LogP contribution is -2.29. The average Bonchev–Trinajstić information content (AvgIpc) is 2.23. The summed E-state index contributed by atoms with van der Waals surface area (Å²) in [5.74, 6) is -0.0552. The molecular weight excluding hydrogens is 275 g/mol. The van der Waals surface area contributed by atoms with Crippen LogP contribution in [0.4, 0.5) is 0 Å². The van der Waals surface area contributed by atoms with Crippen LogP contribution in [-0.4, -0.2) is 28.6 Å². The van der Waals surface area contributed by atoms with Crippen molar-refractivity contribution in [2.75, 3.05) is 6.54 Å². The van der Waals surface area contributed by atoms with E-state index in [1.807, 2.05) is 6.92 Å². The molecule has 2 atom stereocenters. The first-order valence-electron chi connectivity index (χ1n) is 5.68. The third-order valence-electron chi connectivity index (χ3n) is 2.38. The Balaban J connectivity index is 2.55. The van der Waals surface area contributed by atoms with E-state index in [0.29, 0.717) is 18.5 Å². The van der Waals surface area contributed by atoms with Gasteiger partial charge in [0.15, 0.2) is 0 Å². The Bertz CT molecular complexity index is 404. The van der Waals surface area contributed by atoms with E-state index in [1.54, 1.807) is 6.92 Å². The molecule has 0 aliphatic rings. The molecule has 4 nitrogen and oxygen atoms in total. The van der Waals surface area contributed by atoms with E-state index in [-0.39, 0.29) is 28.2 Å². The van der Waals surface area contributed by atoms with Crippen LogP contribution in [0.25, 0.3) is 0 Å². The van der Waals surface area contributed by atoms with Crippen molar-refractivity contribution >= 4 is 29.1 Å². The van der Waals surface area contributed by atoms with Crippen LogP contribution in [0.3, 0.4) is 0 Å². The minimum absolute atomic E-state index is 0.185. The molecule has 0 spiro atoms. The smallest absolute Gasteiger partial charge is 0.251 e. The molecule has 0 saturated heterocycles. The van der Waals surface area contributed by atoms with Gasteiger partial charge in [0, 0.05) is 12.1 Å². The minimum Gasteiger partial charge on any atom is -0.393 e. The maximum Gasteiger partial charge on any atom is 0.251 e. The first kappa shape index (κ1) is 15.2. The van der Waals surface area contributed by atoms with Crippen molar-refractivity contribution in [1.29, 1.82) is 0 Å². The Morgan fingerprint density at radius 2 is 1.94 bits per heavy atom. The monoisotopic (exact) mass is 290 g/mol. The zero-order valence-electron chi connectivity index (χ0n) is 10.3. The van der Waals surface area contributed by atoms with Gasteiger partial charge in [0.25, 0.3) is 5.91 Å². The van der Waals surface area contributed by atoms with Gasteiger partial charge in [-0.3, -0.25) is 4.79 Å². The fourth-order valence-electron chi connectivity index (χ4n) is 1.63. The summed E-state index contributed by atoms with van der Waals surface area (Å²) in [6.07, 6.45) is 0.264. The van der Waals surface area contributed by atoms with Gasteiger partial charge in [-0.1, -0.05) is 30.1 Å². The summed E-state index contributed by atoms with van der Waals surface area (Å²) >= 11 is 11.4. The van der Waals surface area contributed by atoms with Gasteiger partial charge in [0.05, 0.1) is 6.10 Å². The lowest BCUT2D eigenvalue weighted by Gasteiger charge is -2.14. The molecule has 18 heavy (non-hydrogen) atoms. The summed E-state index contributed by atoms with van der Waals surface area (Å²) in [5.41, 5.74) is 0.379. The quantitative estimate of drug-likeness (QED) is 0.819. The molecule has 1 heterocycles. The van der Waals surface area contributed by atoms with Crippen molar-refractivity contribution in [3.8, 4) is 0 Å². The van der Waals surface area contributed by atoms with Crippen LogP contribution in [0.1, 0.15) is 30.6 Å². The number of rotatable bonds is 5. The summed E-state index contributed by atoms with van der Waals surface area (Å²) < 4.78 is 0. The van der Waals surface area contributed by atoms with E-state index in [1.165, 1.54) is 12.1 Å². The Morgan fingerprint density at radius 3 is 2.44 bits per heavy atom. The van der Waals surface area contributed by atoms with Crippen LogP contribution >= 0.6 is 23.2 Å². The van der Waals surface area contributed by atoms with E-state index in [4.69, 9.17) is 23.2 Å². The fourth-order valence-corrected chi connectivity index (χ4v) is 2.09. The minimum atomic E-state index is -0.373. The van der Waals surface area contributed by atoms with Crippen LogP contribution in [-0.2, 0) is 0 Å². The van der Waals surface area contributed by atoms with E-state index in [0.717, 1.165) is 0 Å². The van der Waals surface area contributed by atoms with E-state index in [9.17, 15) is 9.90 Å². The molecule has 0 bridgehead atoms. The second kappa shape index (κ2) is 6.92. The molecule has 0 aromatic carbocycles. The highest BCUT2D eigenvalue weighted by molar-refractivity contribution is 6.33. The predicted octanol–water partition coefficient (Wildman–Crippen LogP) is 2.53. The number of amides is 1. The van der Waals surface area contributed by atoms with E-state index in [2.05, 4.69) is 10.3 Å². The first-order valence-corrected chi connectivity index (χ1v) is 6.43. The molecule has 1 aromatic heterocycles. The normalized spacial score (nSPS) is 14.1. The van der Waals surface area contributed by atoms with Gasteiger partial charge >= 0.3 is 0 Å². The molecule has 100 valence electrons. The second-order valence-corrected chi connectivity index (χ2v) is 5.18. The molecule has 1 amide bonds. The average molecular weight is 291 g/mol. The third-order valence-corrected chi connectivity index (χ3v) is 2.77. The predicted molar refractivity (Wildman–Crippen MR) is 72.1 cm³/mol.